The number of phenols is 1. The molecule has 0 heterocycles. The van der Waals surface area contributed by atoms with Gasteiger partial charge in [0.05, 0.1) is 0 Å². The van der Waals surface area contributed by atoms with Gasteiger partial charge in [-0.1, -0.05) is 0 Å². The highest BCUT2D eigenvalue weighted by atomic mass is 35.5. The highest BCUT2D eigenvalue weighted by molar-refractivity contribution is 6.18. The molecule has 0 atom stereocenters. The van der Waals surface area contributed by atoms with E-state index in [1.54, 1.807) is 12.1 Å². The van der Waals surface area contributed by atoms with Crippen LogP contribution in [0, 0.1) is 0 Å². The molecule has 0 aliphatic carbocycles. The Balaban J connectivity index is 2.74. The van der Waals surface area contributed by atoms with Crippen LogP contribution in [0.25, 0.3) is 0 Å². The number of rotatable bonds is 3. The zero-order valence-corrected chi connectivity index (χ0v) is 9.51. The van der Waals surface area contributed by atoms with Gasteiger partial charge in [-0.05, 0) is 38.1 Å². The Morgan fingerprint density at radius 3 is 2.40 bits per heavy atom. The fourth-order valence-corrected chi connectivity index (χ4v) is 1.09. The Hall–Kier alpha value is -1.22. The summed E-state index contributed by atoms with van der Waals surface area (Å²) in [5.74, 6) is 0.292. The van der Waals surface area contributed by atoms with Gasteiger partial charge in [0.2, 0.25) is 0 Å². The van der Waals surface area contributed by atoms with Crippen LogP contribution in [-0.4, -0.2) is 22.4 Å². The molecule has 4 heteroatoms. The monoisotopic (exact) mass is 227 g/mol. The molecule has 0 aromatic heterocycles. The number of nitrogens with one attached hydrogen (secondary N) is 1. The van der Waals surface area contributed by atoms with Crippen molar-refractivity contribution in [2.45, 2.75) is 19.4 Å². The van der Waals surface area contributed by atoms with Crippen LogP contribution in [0.4, 0.5) is 0 Å². The number of phenolic OH excluding ortho intramolecular Hbond substituents is 1. The Morgan fingerprint density at radius 2 is 1.93 bits per heavy atom. The highest BCUT2D eigenvalue weighted by Gasteiger charge is 2.19. The number of hydrogen-bond acceptors (Lipinski definition) is 2. The lowest BCUT2D eigenvalue weighted by atomic mass is 10.1. The Bertz CT molecular complexity index is 346. The van der Waals surface area contributed by atoms with Gasteiger partial charge in [-0.3, -0.25) is 4.79 Å². The quantitative estimate of drug-likeness (QED) is 0.778. The first-order valence-corrected chi connectivity index (χ1v) is 5.15. The third kappa shape index (κ3) is 3.44. The lowest BCUT2D eigenvalue weighted by molar-refractivity contribution is 0.0920. The molecule has 1 aromatic rings. The predicted octanol–water partition coefficient (Wildman–Crippen LogP) is 2.14. The van der Waals surface area contributed by atoms with E-state index in [0.29, 0.717) is 11.4 Å². The van der Waals surface area contributed by atoms with E-state index in [-0.39, 0.29) is 11.7 Å². The molecular weight excluding hydrogens is 214 g/mol. The maximum atomic E-state index is 11.7. The first-order chi connectivity index (χ1) is 6.94. The molecule has 1 aromatic carbocycles. The Morgan fingerprint density at radius 1 is 1.40 bits per heavy atom. The van der Waals surface area contributed by atoms with E-state index in [2.05, 4.69) is 5.32 Å². The van der Waals surface area contributed by atoms with E-state index in [0.717, 1.165) is 0 Å². The van der Waals surface area contributed by atoms with Crippen molar-refractivity contribution in [3.63, 3.8) is 0 Å². The van der Waals surface area contributed by atoms with E-state index in [1.807, 2.05) is 13.8 Å². The number of amides is 1. The SMILES string of the molecule is CC(C)(CCl)NC(=O)c1ccc(O)cc1. The third-order valence-corrected chi connectivity index (χ3v) is 2.58. The van der Waals surface area contributed by atoms with Crippen LogP contribution < -0.4 is 5.32 Å². The summed E-state index contributed by atoms with van der Waals surface area (Å²) in [6.45, 7) is 3.69. The van der Waals surface area contributed by atoms with E-state index in [4.69, 9.17) is 16.7 Å². The molecular formula is C11H14ClNO2. The van der Waals surface area contributed by atoms with Crippen molar-refractivity contribution in [3.05, 3.63) is 29.8 Å². The topological polar surface area (TPSA) is 49.3 Å². The summed E-state index contributed by atoms with van der Waals surface area (Å²) in [5.41, 5.74) is 0.0715. The van der Waals surface area contributed by atoms with Crippen LogP contribution in [0.2, 0.25) is 0 Å². The normalized spacial score (nSPS) is 11.1. The van der Waals surface area contributed by atoms with Gasteiger partial charge in [-0.25, -0.2) is 0 Å². The molecule has 1 amide bonds. The molecule has 0 fully saturated rings. The molecule has 3 nitrogen and oxygen atoms in total. The zero-order valence-electron chi connectivity index (χ0n) is 8.75. The van der Waals surface area contributed by atoms with Gasteiger partial charge in [0.15, 0.2) is 0 Å². The van der Waals surface area contributed by atoms with Crippen molar-refractivity contribution in [3.8, 4) is 5.75 Å². The summed E-state index contributed by atoms with van der Waals surface area (Å²) in [7, 11) is 0. The first kappa shape index (κ1) is 11.9. The molecule has 0 bridgehead atoms. The lowest BCUT2D eigenvalue weighted by Crippen LogP contribution is -2.44. The fourth-order valence-electron chi connectivity index (χ4n) is 1.03. The molecule has 82 valence electrons. The number of hydrogen-bond donors (Lipinski definition) is 2. The van der Waals surface area contributed by atoms with Crippen molar-refractivity contribution < 1.29 is 9.90 Å². The first-order valence-electron chi connectivity index (χ1n) is 4.62. The van der Waals surface area contributed by atoms with Crippen LogP contribution in [0.15, 0.2) is 24.3 Å². The molecule has 0 radical (unpaired) electrons. The summed E-state index contributed by atoms with van der Waals surface area (Å²) in [6.07, 6.45) is 0. The van der Waals surface area contributed by atoms with Gasteiger partial charge < -0.3 is 10.4 Å². The van der Waals surface area contributed by atoms with Gasteiger partial charge in [0, 0.05) is 17.0 Å². The third-order valence-electron chi connectivity index (χ3n) is 1.92. The maximum Gasteiger partial charge on any atom is 0.251 e. The summed E-state index contributed by atoms with van der Waals surface area (Å²) in [5, 5.41) is 11.9. The van der Waals surface area contributed by atoms with E-state index in [9.17, 15) is 4.79 Å². The van der Waals surface area contributed by atoms with Crippen LogP contribution in [0.5, 0.6) is 5.75 Å². The number of halogens is 1. The molecule has 0 saturated carbocycles. The molecule has 2 N–H and O–H groups in total. The van der Waals surface area contributed by atoms with E-state index in [1.165, 1.54) is 12.1 Å². The number of carbonyl (C=O) groups is 1. The van der Waals surface area contributed by atoms with Crippen molar-refractivity contribution in [1.82, 2.24) is 5.32 Å². The lowest BCUT2D eigenvalue weighted by Gasteiger charge is -2.23. The van der Waals surface area contributed by atoms with Crippen molar-refractivity contribution in [2.75, 3.05) is 5.88 Å². The largest absolute Gasteiger partial charge is 0.508 e. The molecule has 0 saturated heterocycles. The van der Waals surface area contributed by atoms with Crippen LogP contribution in [-0.2, 0) is 0 Å². The summed E-state index contributed by atoms with van der Waals surface area (Å²) < 4.78 is 0. The molecule has 0 aliphatic rings. The molecule has 0 aliphatic heterocycles. The van der Waals surface area contributed by atoms with Crippen molar-refractivity contribution in [2.24, 2.45) is 0 Å². The minimum Gasteiger partial charge on any atom is -0.508 e. The standard InChI is InChI=1S/C11H14ClNO2/c1-11(2,7-12)13-10(15)8-3-5-9(14)6-4-8/h3-6,14H,7H2,1-2H3,(H,13,15). The number of benzene rings is 1. The number of aromatic hydroxyl groups is 1. The summed E-state index contributed by atoms with van der Waals surface area (Å²) in [6, 6.07) is 6.08. The van der Waals surface area contributed by atoms with Gasteiger partial charge >= 0.3 is 0 Å². The average Bonchev–Trinajstić information content (AvgIpc) is 2.18. The van der Waals surface area contributed by atoms with Crippen LogP contribution in [0.1, 0.15) is 24.2 Å². The van der Waals surface area contributed by atoms with Gasteiger partial charge in [0.25, 0.3) is 5.91 Å². The zero-order chi connectivity index (χ0) is 11.5. The van der Waals surface area contributed by atoms with Gasteiger partial charge in [0.1, 0.15) is 5.75 Å². The number of carbonyl (C=O) groups excluding carboxylic acids is 1. The molecule has 15 heavy (non-hydrogen) atoms. The van der Waals surface area contributed by atoms with Crippen LogP contribution >= 0.6 is 11.6 Å². The smallest absolute Gasteiger partial charge is 0.251 e. The minimum absolute atomic E-state index is 0.142. The second-order valence-electron chi connectivity index (χ2n) is 4.02. The second kappa shape index (κ2) is 4.53. The molecule has 1 rings (SSSR count). The Labute approximate surface area is 94.1 Å². The minimum atomic E-state index is -0.434. The predicted molar refractivity (Wildman–Crippen MR) is 60.4 cm³/mol. The van der Waals surface area contributed by atoms with Crippen molar-refractivity contribution in [1.29, 1.82) is 0 Å². The average molecular weight is 228 g/mol. The highest BCUT2D eigenvalue weighted by Crippen LogP contribution is 2.11. The maximum absolute atomic E-state index is 11.7. The summed E-state index contributed by atoms with van der Waals surface area (Å²) >= 11 is 5.70. The van der Waals surface area contributed by atoms with Gasteiger partial charge in [-0.2, -0.15) is 0 Å². The van der Waals surface area contributed by atoms with E-state index >= 15 is 0 Å². The molecule has 0 spiro atoms. The Kier molecular flexibility index (Phi) is 3.58. The number of alkyl halides is 1. The van der Waals surface area contributed by atoms with Crippen LogP contribution in [0.3, 0.4) is 0 Å². The van der Waals surface area contributed by atoms with Gasteiger partial charge in [-0.15, -0.1) is 11.6 Å². The van der Waals surface area contributed by atoms with Crippen molar-refractivity contribution >= 4 is 17.5 Å². The van der Waals surface area contributed by atoms with E-state index < -0.39 is 5.54 Å². The summed E-state index contributed by atoms with van der Waals surface area (Å²) in [4.78, 5) is 11.7. The fraction of sp³-hybridized carbons (Fsp3) is 0.364. The second-order valence-corrected chi connectivity index (χ2v) is 4.29. The molecule has 0 unspecified atom stereocenters.